The lowest BCUT2D eigenvalue weighted by atomic mass is 10.2. The van der Waals surface area contributed by atoms with Crippen LogP contribution in [0.15, 0.2) is 42.5 Å². The number of likely N-dealkylation sites (N-methyl/N-ethyl adjacent to an activating group) is 1. The zero-order valence-electron chi connectivity index (χ0n) is 13.9. The monoisotopic (exact) mass is 384 g/mol. The minimum absolute atomic E-state index is 0.193. The van der Waals surface area contributed by atoms with Crippen LogP contribution in [0.5, 0.6) is 5.75 Å². The second-order valence-electron chi connectivity index (χ2n) is 5.53. The van der Waals surface area contributed by atoms with Crippen LogP contribution in [0.1, 0.15) is 6.92 Å². The van der Waals surface area contributed by atoms with Gasteiger partial charge in [-0.05, 0) is 38.2 Å². The molecule has 1 unspecified atom stereocenters. The third kappa shape index (κ3) is 5.33. The number of anilines is 1. The Kier molecular flexibility index (Phi) is 7.05. The topological polar surface area (TPSA) is 41.6 Å². The summed E-state index contributed by atoms with van der Waals surface area (Å²) in [6, 6.07) is 10.8. The minimum Gasteiger partial charge on any atom is -0.489 e. The zero-order chi connectivity index (χ0) is 18.4. The molecule has 134 valence electrons. The lowest BCUT2D eigenvalue weighted by Gasteiger charge is -2.24. The largest absolute Gasteiger partial charge is 0.489 e. The summed E-state index contributed by atoms with van der Waals surface area (Å²) in [7, 11) is 1.79. The Labute approximate surface area is 156 Å². The molecule has 0 bridgehead atoms. The van der Waals surface area contributed by atoms with Crippen molar-refractivity contribution >= 4 is 34.8 Å². The summed E-state index contributed by atoms with van der Waals surface area (Å²) in [6.07, 6.45) is 0. The van der Waals surface area contributed by atoms with E-state index in [4.69, 9.17) is 27.9 Å². The van der Waals surface area contributed by atoms with Gasteiger partial charge >= 0.3 is 0 Å². The fourth-order valence-corrected chi connectivity index (χ4v) is 2.44. The summed E-state index contributed by atoms with van der Waals surface area (Å²) in [5.74, 6) is -0.442. The van der Waals surface area contributed by atoms with E-state index in [0.29, 0.717) is 22.3 Å². The molecule has 2 aromatic rings. The second kappa shape index (κ2) is 9.04. The Morgan fingerprint density at radius 3 is 2.68 bits per heavy atom. The van der Waals surface area contributed by atoms with Crippen molar-refractivity contribution in [2.45, 2.75) is 13.0 Å². The van der Waals surface area contributed by atoms with Crippen molar-refractivity contribution in [3.05, 3.63) is 58.3 Å². The van der Waals surface area contributed by atoms with Crippen molar-refractivity contribution < 1.29 is 13.9 Å². The molecule has 1 N–H and O–H groups in total. The van der Waals surface area contributed by atoms with Crippen LogP contribution >= 0.6 is 23.2 Å². The van der Waals surface area contributed by atoms with E-state index >= 15 is 0 Å². The Hall–Kier alpha value is -1.82. The molecule has 4 nitrogen and oxygen atoms in total. The quantitative estimate of drug-likeness (QED) is 0.765. The molecule has 2 rings (SSSR count). The normalized spacial score (nSPS) is 12.1. The first-order valence-corrected chi connectivity index (χ1v) is 8.48. The van der Waals surface area contributed by atoms with E-state index < -0.39 is 11.9 Å². The number of ether oxygens (including phenoxy) is 1. The van der Waals surface area contributed by atoms with E-state index in [1.54, 1.807) is 55.3 Å². The van der Waals surface area contributed by atoms with E-state index in [0.717, 1.165) is 0 Å². The number of amides is 1. The Bertz CT molecular complexity index is 743. The highest BCUT2D eigenvalue weighted by Crippen LogP contribution is 2.29. The fraction of sp³-hybridized carbons (Fsp3) is 0.278. The molecule has 0 saturated carbocycles. The van der Waals surface area contributed by atoms with Gasteiger partial charge in [0.2, 0.25) is 5.91 Å². The van der Waals surface area contributed by atoms with Crippen molar-refractivity contribution in [3.63, 3.8) is 0 Å². The highest BCUT2D eigenvalue weighted by Gasteiger charge is 2.19. The molecule has 0 radical (unpaired) electrons. The third-order valence-electron chi connectivity index (χ3n) is 3.79. The third-order valence-corrected chi connectivity index (χ3v) is 4.61. The summed E-state index contributed by atoms with van der Waals surface area (Å²) in [4.78, 5) is 14.1. The first kappa shape index (κ1) is 19.5. The van der Waals surface area contributed by atoms with Gasteiger partial charge in [0.1, 0.15) is 6.61 Å². The molecule has 0 saturated heterocycles. The van der Waals surface area contributed by atoms with Crippen molar-refractivity contribution in [2.24, 2.45) is 0 Å². The molecule has 25 heavy (non-hydrogen) atoms. The molecule has 0 aliphatic rings. The molecule has 7 heteroatoms. The molecule has 0 aliphatic heterocycles. The average Bonchev–Trinajstić information content (AvgIpc) is 2.59. The Morgan fingerprint density at radius 1 is 1.24 bits per heavy atom. The van der Waals surface area contributed by atoms with Gasteiger partial charge in [-0.25, -0.2) is 4.39 Å². The maximum atomic E-state index is 13.5. The van der Waals surface area contributed by atoms with E-state index in [1.807, 2.05) is 0 Å². The number of hydrogen-bond donors (Lipinski definition) is 1. The smallest absolute Gasteiger partial charge is 0.241 e. The van der Waals surface area contributed by atoms with Crippen LogP contribution in [0.25, 0.3) is 0 Å². The number of carbonyl (C=O) groups is 1. The molecule has 0 aromatic heterocycles. The maximum Gasteiger partial charge on any atom is 0.241 e. The molecule has 2 aromatic carbocycles. The van der Waals surface area contributed by atoms with Crippen molar-refractivity contribution in [1.82, 2.24) is 4.90 Å². The van der Waals surface area contributed by atoms with Gasteiger partial charge in [0.25, 0.3) is 0 Å². The van der Waals surface area contributed by atoms with Crippen LogP contribution in [-0.2, 0) is 4.79 Å². The van der Waals surface area contributed by atoms with Crippen LogP contribution in [0.4, 0.5) is 10.1 Å². The van der Waals surface area contributed by atoms with Crippen LogP contribution in [0.3, 0.4) is 0 Å². The zero-order valence-corrected chi connectivity index (χ0v) is 15.4. The summed E-state index contributed by atoms with van der Waals surface area (Å²) < 4.78 is 18.9. The van der Waals surface area contributed by atoms with Gasteiger partial charge in [0.15, 0.2) is 11.6 Å². The molecule has 0 fully saturated rings. The number of hydrogen-bond acceptors (Lipinski definition) is 3. The number of benzene rings is 2. The molecule has 0 aliphatic carbocycles. The highest BCUT2D eigenvalue weighted by molar-refractivity contribution is 6.44. The SMILES string of the molecule is CC(C(=O)Nc1cccc(Cl)c1Cl)N(C)CCOc1ccccc1F. The van der Waals surface area contributed by atoms with E-state index in [9.17, 15) is 9.18 Å². The van der Waals surface area contributed by atoms with Gasteiger partial charge in [-0.15, -0.1) is 0 Å². The first-order valence-electron chi connectivity index (χ1n) is 7.72. The summed E-state index contributed by atoms with van der Waals surface area (Å²) >= 11 is 12.0. The van der Waals surface area contributed by atoms with Gasteiger partial charge in [0, 0.05) is 6.54 Å². The number of nitrogens with zero attached hydrogens (tertiary/aromatic N) is 1. The van der Waals surface area contributed by atoms with E-state index in [-0.39, 0.29) is 18.3 Å². The van der Waals surface area contributed by atoms with Gasteiger partial charge < -0.3 is 10.1 Å². The number of para-hydroxylation sites is 1. The molecule has 1 amide bonds. The molecule has 0 spiro atoms. The molecule has 0 heterocycles. The van der Waals surface area contributed by atoms with Crippen LogP contribution in [-0.4, -0.2) is 37.0 Å². The molecule has 1 atom stereocenters. The highest BCUT2D eigenvalue weighted by atomic mass is 35.5. The number of nitrogens with one attached hydrogen (secondary N) is 1. The Morgan fingerprint density at radius 2 is 1.96 bits per heavy atom. The standard InChI is InChI=1S/C18H19Cl2FN2O2/c1-12(18(24)22-15-8-5-6-13(19)17(15)20)23(2)10-11-25-16-9-4-3-7-14(16)21/h3-9,12H,10-11H2,1-2H3,(H,22,24). The van der Waals surface area contributed by atoms with Gasteiger partial charge in [-0.2, -0.15) is 0 Å². The lowest BCUT2D eigenvalue weighted by molar-refractivity contribution is -0.120. The van der Waals surface area contributed by atoms with Crippen LogP contribution in [0, 0.1) is 5.82 Å². The van der Waals surface area contributed by atoms with E-state index in [2.05, 4.69) is 5.32 Å². The van der Waals surface area contributed by atoms with E-state index in [1.165, 1.54) is 6.07 Å². The van der Waals surface area contributed by atoms with Gasteiger partial charge in [0.05, 0.1) is 21.8 Å². The summed E-state index contributed by atoms with van der Waals surface area (Å²) in [5, 5.41) is 3.43. The predicted octanol–water partition coefficient (Wildman–Crippen LogP) is 4.47. The van der Waals surface area contributed by atoms with Crippen LogP contribution in [0.2, 0.25) is 10.0 Å². The average molecular weight is 385 g/mol. The number of halogens is 3. The van der Waals surface area contributed by atoms with Gasteiger partial charge in [-0.3, -0.25) is 9.69 Å². The number of carbonyl (C=O) groups excluding carboxylic acids is 1. The minimum atomic E-state index is -0.431. The maximum absolute atomic E-state index is 13.5. The predicted molar refractivity (Wildman–Crippen MR) is 99.1 cm³/mol. The van der Waals surface area contributed by atoms with Crippen molar-refractivity contribution in [3.8, 4) is 5.75 Å². The Balaban J connectivity index is 1.86. The van der Waals surface area contributed by atoms with Gasteiger partial charge in [-0.1, -0.05) is 41.4 Å². The first-order chi connectivity index (χ1) is 11.9. The summed E-state index contributed by atoms with van der Waals surface area (Å²) in [5.41, 5.74) is 0.460. The summed E-state index contributed by atoms with van der Waals surface area (Å²) in [6.45, 7) is 2.47. The lowest BCUT2D eigenvalue weighted by Crippen LogP contribution is -2.41. The second-order valence-corrected chi connectivity index (χ2v) is 6.31. The molecular weight excluding hydrogens is 366 g/mol. The molecular formula is C18H19Cl2FN2O2. The number of rotatable bonds is 7. The van der Waals surface area contributed by atoms with Crippen molar-refractivity contribution in [2.75, 3.05) is 25.5 Å². The van der Waals surface area contributed by atoms with Crippen molar-refractivity contribution in [1.29, 1.82) is 0 Å². The van der Waals surface area contributed by atoms with Crippen LogP contribution < -0.4 is 10.1 Å². The fourth-order valence-electron chi connectivity index (χ4n) is 2.09.